The Balaban J connectivity index is 1.85. The number of halogens is 2. The minimum Gasteiger partial charge on any atom is -0.426 e. The highest BCUT2D eigenvalue weighted by Gasteiger charge is 2.52. The zero-order valence-corrected chi connectivity index (χ0v) is 20.7. The van der Waals surface area contributed by atoms with Gasteiger partial charge in [0.05, 0.1) is 10.6 Å². The molecule has 0 saturated heterocycles. The van der Waals surface area contributed by atoms with Crippen LogP contribution < -0.4 is 21.3 Å². The van der Waals surface area contributed by atoms with Gasteiger partial charge in [0.25, 0.3) is 5.44 Å². The number of hydrogen-bond acceptors (Lipinski definition) is 3. The van der Waals surface area contributed by atoms with Crippen molar-refractivity contribution < 1.29 is 4.42 Å². The first-order valence-corrected chi connectivity index (χ1v) is 13.3. The summed E-state index contributed by atoms with van der Waals surface area (Å²) in [4.78, 5) is 5.05. The molecule has 0 spiro atoms. The van der Waals surface area contributed by atoms with E-state index in [0.717, 1.165) is 5.44 Å². The second-order valence-corrected chi connectivity index (χ2v) is 12.0. The van der Waals surface area contributed by atoms with Crippen molar-refractivity contribution in [2.24, 2.45) is 0 Å². The summed E-state index contributed by atoms with van der Waals surface area (Å²) < 4.78 is 6.15. The van der Waals surface area contributed by atoms with Crippen molar-refractivity contribution in [3.63, 3.8) is 0 Å². The lowest BCUT2D eigenvalue weighted by atomic mass is 10.2. The van der Waals surface area contributed by atoms with Gasteiger partial charge in [-0.2, -0.15) is 4.98 Å². The van der Waals surface area contributed by atoms with Gasteiger partial charge in [0.15, 0.2) is 7.26 Å². The molecule has 0 atom stereocenters. The van der Waals surface area contributed by atoms with E-state index in [4.69, 9.17) is 45.2 Å². The molecule has 0 unspecified atom stereocenters. The van der Waals surface area contributed by atoms with Gasteiger partial charge in [0, 0.05) is 5.02 Å². The Morgan fingerprint density at radius 2 is 1.15 bits per heavy atom. The van der Waals surface area contributed by atoms with Crippen LogP contribution in [0.3, 0.4) is 0 Å². The lowest BCUT2D eigenvalue weighted by Crippen LogP contribution is -2.39. The molecule has 0 N–H and O–H groups in total. The molecule has 5 rings (SSSR count). The lowest BCUT2D eigenvalue weighted by molar-refractivity contribution is 0.489. The second-order valence-electron chi connectivity index (χ2n) is 7.45. The van der Waals surface area contributed by atoms with Gasteiger partial charge < -0.3 is 4.42 Å². The zero-order chi connectivity index (χ0) is 22.8. The van der Waals surface area contributed by atoms with Crippen LogP contribution in [0.4, 0.5) is 0 Å². The van der Waals surface area contributed by atoms with Crippen LogP contribution in [0.1, 0.15) is 0 Å². The van der Waals surface area contributed by atoms with Crippen LogP contribution in [0, 0.1) is 0 Å². The summed E-state index contributed by atoms with van der Waals surface area (Å²) in [5, 5.41) is 5.01. The van der Waals surface area contributed by atoms with Gasteiger partial charge in [0.2, 0.25) is 11.0 Å². The maximum absolute atomic E-state index is 6.49. The van der Waals surface area contributed by atoms with Crippen LogP contribution in [0.25, 0.3) is 11.5 Å². The van der Waals surface area contributed by atoms with Gasteiger partial charge in [-0.1, -0.05) is 90.4 Å². The summed E-state index contributed by atoms with van der Waals surface area (Å²) in [6, 6.07) is 36.7. The van der Waals surface area contributed by atoms with E-state index in [1.807, 2.05) is 24.3 Å². The summed E-state index contributed by atoms with van der Waals surface area (Å²) in [6.07, 6.45) is 0. The third kappa shape index (κ3) is 4.00. The van der Waals surface area contributed by atoms with E-state index < -0.39 is 7.26 Å². The Labute approximate surface area is 209 Å². The van der Waals surface area contributed by atoms with Gasteiger partial charge in [-0.15, -0.1) is 0 Å². The Kier molecular flexibility index (Phi) is 6.32. The summed E-state index contributed by atoms with van der Waals surface area (Å²) in [5.74, 6) is 0.420. The molecule has 4 aromatic carbocycles. The third-order valence-corrected chi connectivity index (χ3v) is 10.7. The molecule has 33 heavy (non-hydrogen) atoms. The molecule has 5 aromatic rings. The van der Waals surface area contributed by atoms with Crippen LogP contribution in [0.5, 0.6) is 0 Å². The minimum atomic E-state index is -2.42. The van der Waals surface area contributed by atoms with E-state index in [-0.39, 0.29) is 0 Å². The predicted molar refractivity (Wildman–Crippen MR) is 144 cm³/mol. The van der Waals surface area contributed by atoms with Crippen LogP contribution in [-0.4, -0.2) is 4.98 Å². The van der Waals surface area contributed by atoms with Crippen molar-refractivity contribution in [3.8, 4) is 11.5 Å². The van der Waals surface area contributed by atoms with Crippen LogP contribution in [0.15, 0.2) is 119 Å². The average molecular weight is 507 g/mol. The van der Waals surface area contributed by atoms with E-state index in [9.17, 15) is 0 Å². The SMILES string of the molecule is Sc1oc(-c2ccc(Cl)cc2Cl)nc1[P+](c1ccccc1)(c1ccccc1)c1ccccc1. The van der Waals surface area contributed by atoms with E-state index in [1.165, 1.54) is 15.9 Å². The van der Waals surface area contributed by atoms with Crippen molar-refractivity contribution in [1.29, 1.82) is 0 Å². The van der Waals surface area contributed by atoms with Crippen molar-refractivity contribution in [2.75, 3.05) is 0 Å². The summed E-state index contributed by atoms with van der Waals surface area (Å²) in [6.45, 7) is 0. The molecule has 2 nitrogen and oxygen atoms in total. The molecular weight excluding hydrogens is 488 g/mol. The quantitative estimate of drug-likeness (QED) is 0.216. The molecule has 0 fully saturated rings. The summed E-state index contributed by atoms with van der Waals surface area (Å²) in [7, 11) is -2.42. The number of thiol groups is 1. The van der Waals surface area contributed by atoms with Gasteiger partial charge in [0.1, 0.15) is 15.9 Å². The number of oxazole rings is 1. The molecule has 1 heterocycles. The topological polar surface area (TPSA) is 26.0 Å². The number of rotatable bonds is 5. The minimum absolute atomic E-state index is 0.420. The monoisotopic (exact) mass is 506 g/mol. The molecule has 0 bridgehead atoms. The fraction of sp³-hybridized carbons (Fsp3) is 0. The number of hydrogen-bond donors (Lipinski definition) is 1. The number of aromatic nitrogens is 1. The first kappa shape index (κ1) is 22.3. The molecule has 1 aromatic heterocycles. The Bertz CT molecular complexity index is 1300. The van der Waals surface area contributed by atoms with Gasteiger partial charge >= 0.3 is 0 Å². The lowest BCUT2D eigenvalue weighted by Gasteiger charge is -2.25. The molecule has 0 radical (unpaired) electrons. The maximum atomic E-state index is 6.49. The van der Waals surface area contributed by atoms with Crippen LogP contribution in [0.2, 0.25) is 10.0 Å². The van der Waals surface area contributed by atoms with Crippen molar-refractivity contribution in [1.82, 2.24) is 4.98 Å². The molecule has 0 aliphatic carbocycles. The predicted octanol–water partition coefficient (Wildman–Crippen LogP) is 6.56. The molecule has 0 aliphatic heterocycles. The summed E-state index contributed by atoms with van der Waals surface area (Å²) in [5.41, 5.74) is 1.48. The fourth-order valence-corrected chi connectivity index (χ4v) is 9.20. The Morgan fingerprint density at radius 3 is 1.61 bits per heavy atom. The van der Waals surface area contributed by atoms with Gasteiger partial charge in [-0.05, 0) is 54.6 Å². The highest BCUT2D eigenvalue weighted by Crippen LogP contribution is 2.55. The average Bonchev–Trinajstić information content (AvgIpc) is 3.23. The molecule has 6 heteroatoms. The van der Waals surface area contributed by atoms with Crippen LogP contribution >= 0.6 is 43.1 Å². The highest BCUT2D eigenvalue weighted by atomic mass is 35.5. The number of nitrogens with zero attached hydrogens (tertiary/aromatic N) is 1. The van der Waals surface area contributed by atoms with E-state index in [0.29, 0.717) is 26.6 Å². The van der Waals surface area contributed by atoms with E-state index in [2.05, 4.69) is 72.8 Å². The third-order valence-electron chi connectivity index (χ3n) is 5.50. The standard InChI is InChI=1S/C27H18Cl2NOPS/c28-19-16-17-23(24(29)18-19)25-30-26(27(33)31-25)32(20-10-4-1-5-11-20,21-12-6-2-7-13-21)22-14-8-3-9-15-22/h1-18H/p+1. The van der Waals surface area contributed by atoms with E-state index >= 15 is 0 Å². The van der Waals surface area contributed by atoms with Gasteiger partial charge in [-0.3, -0.25) is 0 Å². The largest absolute Gasteiger partial charge is 0.426 e. The molecule has 0 saturated carbocycles. The molecule has 0 aliphatic rings. The van der Waals surface area contributed by atoms with Crippen molar-refractivity contribution in [2.45, 2.75) is 5.09 Å². The normalized spacial score (nSPS) is 11.5. The molecular formula is C27H19Cl2NOPS+. The second kappa shape index (κ2) is 9.37. The molecule has 162 valence electrons. The number of benzene rings is 4. The van der Waals surface area contributed by atoms with Crippen LogP contribution in [-0.2, 0) is 0 Å². The first-order chi connectivity index (χ1) is 16.1. The fourth-order valence-electron chi connectivity index (χ4n) is 4.07. The van der Waals surface area contributed by atoms with Crippen molar-refractivity contribution in [3.05, 3.63) is 119 Å². The van der Waals surface area contributed by atoms with Gasteiger partial charge in [-0.25, -0.2) is 0 Å². The van der Waals surface area contributed by atoms with E-state index in [1.54, 1.807) is 12.1 Å². The highest BCUT2D eigenvalue weighted by molar-refractivity contribution is 8.02. The Hall–Kier alpha value is -2.55. The van der Waals surface area contributed by atoms with Crippen molar-refractivity contribution >= 4 is 64.4 Å². The Morgan fingerprint density at radius 1 is 0.667 bits per heavy atom. The molecule has 0 amide bonds. The smallest absolute Gasteiger partial charge is 0.250 e. The maximum Gasteiger partial charge on any atom is 0.250 e. The first-order valence-electron chi connectivity index (χ1n) is 10.3. The zero-order valence-electron chi connectivity index (χ0n) is 17.4. The summed E-state index contributed by atoms with van der Waals surface area (Å²) >= 11 is 17.4.